The molecule has 2 rings (SSSR count). The Morgan fingerprint density at radius 3 is 2.40 bits per heavy atom. The molecule has 0 atom stereocenters. The molecule has 0 fully saturated rings. The predicted octanol–water partition coefficient (Wildman–Crippen LogP) is 4.87. The minimum absolute atomic E-state index is 0.0479. The van der Waals surface area contributed by atoms with Gasteiger partial charge in [-0.25, -0.2) is 8.42 Å². The monoisotopic (exact) mass is 380 g/mol. The molecular weight excluding hydrogens is 360 g/mol. The normalized spacial score (nSPS) is 11.4. The van der Waals surface area contributed by atoms with Gasteiger partial charge >= 0.3 is 0 Å². The van der Waals surface area contributed by atoms with Crippen molar-refractivity contribution in [2.75, 3.05) is 12.4 Å². The molecule has 0 saturated heterocycles. The third-order valence-corrected chi connectivity index (χ3v) is 6.02. The molecular formula is C19H21ClO4S. The zero-order chi connectivity index (χ0) is 18.8. The predicted molar refractivity (Wildman–Crippen MR) is 101 cm³/mol. The molecule has 2 aromatic rings. The highest BCUT2D eigenvalue weighted by molar-refractivity contribution is 7.91. The Labute approximate surface area is 153 Å². The van der Waals surface area contributed by atoms with Crippen LogP contribution >= 0.6 is 11.6 Å². The van der Waals surface area contributed by atoms with Gasteiger partial charge in [-0.3, -0.25) is 0 Å². The van der Waals surface area contributed by atoms with Crippen LogP contribution in [0.4, 0.5) is 0 Å². The molecule has 0 amide bonds. The number of benzene rings is 2. The minimum atomic E-state index is -3.26. The van der Waals surface area contributed by atoms with Crippen LogP contribution in [-0.4, -0.2) is 25.9 Å². The van der Waals surface area contributed by atoms with Gasteiger partial charge in [0.2, 0.25) is 0 Å². The first kappa shape index (κ1) is 19.3. The second kappa shape index (κ2) is 7.50. The van der Waals surface area contributed by atoms with Crippen molar-refractivity contribution in [3.63, 3.8) is 0 Å². The quantitative estimate of drug-likeness (QED) is 0.726. The summed E-state index contributed by atoms with van der Waals surface area (Å²) in [6.45, 7) is 8.71. The lowest BCUT2D eigenvalue weighted by Crippen LogP contribution is -2.05. The Balaban J connectivity index is 2.57. The lowest BCUT2D eigenvalue weighted by molar-refractivity contribution is 0.273. The second-order valence-corrected chi connectivity index (χ2v) is 8.52. The molecule has 4 nitrogen and oxygen atoms in total. The number of aryl methyl sites for hydroxylation is 2. The first-order chi connectivity index (χ1) is 11.7. The molecule has 0 aliphatic carbocycles. The van der Waals surface area contributed by atoms with E-state index in [0.29, 0.717) is 15.7 Å². The van der Waals surface area contributed by atoms with Crippen molar-refractivity contribution < 1.29 is 18.3 Å². The Morgan fingerprint density at radius 1 is 1.16 bits per heavy atom. The molecule has 0 aliphatic heterocycles. The van der Waals surface area contributed by atoms with Gasteiger partial charge in [0.05, 0.1) is 10.6 Å². The fraction of sp³-hybridized carbons (Fsp3) is 0.263. The van der Waals surface area contributed by atoms with Crippen LogP contribution < -0.4 is 4.74 Å². The van der Waals surface area contributed by atoms with E-state index in [4.69, 9.17) is 16.3 Å². The van der Waals surface area contributed by atoms with Crippen LogP contribution in [-0.2, 0) is 9.84 Å². The number of halogens is 1. The molecule has 2 aromatic carbocycles. The highest BCUT2D eigenvalue weighted by atomic mass is 35.5. The summed E-state index contributed by atoms with van der Waals surface area (Å²) in [6, 6.07) is 8.59. The number of sulfone groups is 1. The summed E-state index contributed by atoms with van der Waals surface area (Å²) in [5.74, 6) is 0.461. The van der Waals surface area contributed by atoms with Gasteiger partial charge in [-0.15, -0.1) is 0 Å². The number of hydrogen-bond acceptors (Lipinski definition) is 4. The smallest absolute Gasteiger partial charge is 0.178 e. The fourth-order valence-electron chi connectivity index (χ4n) is 2.45. The molecule has 0 bridgehead atoms. The van der Waals surface area contributed by atoms with E-state index in [0.717, 1.165) is 22.3 Å². The van der Waals surface area contributed by atoms with Crippen molar-refractivity contribution in [3.05, 3.63) is 58.8 Å². The summed E-state index contributed by atoms with van der Waals surface area (Å²) in [4.78, 5) is 0.299. The van der Waals surface area contributed by atoms with Gasteiger partial charge in [0.15, 0.2) is 9.84 Å². The first-order valence-corrected chi connectivity index (χ1v) is 9.82. The maximum Gasteiger partial charge on any atom is 0.178 e. The summed E-state index contributed by atoms with van der Waals surface area (Å²) in [6.07, 6.45) is 0. The average molecular weight is 381 g/mol. The lowest BCUT2D eigenvalue weighted by atomic mass is 9.98. The zero-order valence-corrected chi connectivity index (χ0v) is 16.0. The van der Waals surface area contributed by atoms with Crippen molar-refractivity contribution in [2.24, 2.45) is 0 Å². The minimum Gasteiger partial charge on any atom is -0.509 e. The Kier molecular flexibility index (Phi) is 5.80. The SMILES string of the molecule is C=C(O)COc1cc(Cl)c(C)cc1-c1ccc(S(=O)(=O)CC)cc1C. The van der Waals surface area contributed by atoms with Crippen molar-refractivity contribution >= 4 is 21.4 Å². The highest BCUT2D eigenvalue weighted by Crippen LogP contribution is 2.37. The first-order valence-electron chi connectivity index (χ1n) is 7.79. The van der Waals surface area contributed by atoms with Gasteiger partial charge in [0.25, 0.3) is 0 Å². The average Bonchev–Trinajstić information content (AvgIpc) is 2.55. The fourth-order valence-corrected chi connectivity index (χ4v) is 3.57. The van der Waals surface area contributed by atoms with Crippen LogP contribution in [0.1, 0.15) is 18.1 Å². The van der Waals surface area contributed by atoms with Crippen LogP contribution in [0.25, 0.3) is 11.1 Å². The Morgan fingerprint density at radius 2 is 1.84 bits per heavy atom. The topological polar surface area (TPSA) is 63.6 Å². The van der Waals surface area contributed by atoms with E-state index in [2.05, 4.69) is 6.58 Å². The van der Waals surface area contributed by atoms with Crippen molar-refractivity contribution in [1.82, 2.24) is 0 Å². The van der Waals surface area contributed by atoms with E-state index in [9.17, 15) is 13.5 Å². The van der Waals surface area contributed by atoms with E-state index in [1.165, 1.54) is 0 Å². The van der Waals surface area contributed by atoms with Gasteiger partial charge < -0.3 is 9.84 Å². The molecule has 0 radical (unpaired) electrons. The standard InChI is InChI=1S/C19H21ClO4S/c1-5-25(22,23)15-6-7-16(12(2)8-15)17-9-13(3)18(20)10-19(17)24-11-14(4)21/h6-10,21H,4-5,11H2,1-3H3. The van der Waals surface area contributed by atoms with Gasteiger partial charge in [-0.05, 0) is 54.8 Å². The largest absolute Gasteiger partial charge is 0.509 e. The van der Waals surface area contributed by atoms with E-state index in [1.54, 1.807) is 31.2 Å². The second-order valence-electron chi connectivity index (χ2n) is 5.83. The molecule has 0 spiro atoms. The van der Waals surface area contributed by atoms with E-state index < -0.39 is 9.84 Å². The Hall–Kier alpha value is -1.98. The number of aliphatic hydroxyl groups is 1. The molecule has 0 saturated carbocycles. The molecule has 0 unspecified atom stereocenters. The summed E-state index contributed by atoms with van der Waals surface area (Å²) in [7, 11) is -3.26. The summed E-state index contributed by atoms with van der Waals surface area (Å²) < 4.78 is 29.7. The summed E-state index contributed by atoms with van der Waals surface area (Å²) in [5.41, 5.74) is 3.30. The summed E-state index contributed by atoms with van der Waals surface area (Å²) >= 11 is 6.19. The number of hydrogen-bond donors (Lipinski definition) is 1. The van der Waals surface area contributed by atoms with Crippen LogP contribution in [0.3, 0.4) is 0 Å². The number of aliphatic hydroxyl groups excluding tert-OH is 1. The maximum absolute atomic E-state index is 12.1. The van der Waals surface area contributed by atoms with Crippen LogP contribution in [0.5, 0.6) is 5.75 Å². The van der Waals surface area contributed by atoms with Crippen LogP contribution in [0.2, 0.25) is 5.02 Å². The van der Waals surface area contributed by atoms with E-state index in [-0.39, 0.29) is 18.1 Å². The molecule has 0 aromatic heterocycles. The lowest BCUT2D eigenvalue weighted by Gasteiger charge is -2.16. The highest BCUT2D eigenvalue weighted by Gasteiger charge is 2.16. The Bertz CT molecular complexity index is 917. The van der Waals surface area contributed by atoms with Crippen molar-refractivity contribution in [2.45, 2.75) is 25.7 Å². The zero-order valence-electron chi connectivity index (χ0n) is 14.5. The number of ether oxygens (including phenoxy) is 1. The van der Waals surface area contributed by atoms with Gasteiger partial charge in [-0.2, -0.15) is 0 Å². The van der Waals surface area contributed by atoms with E-state index >= 15 is 0 Å². The third-order valence-electron chi connectivity index (χ3n) is 3.88. The molecule has 0 heterocycles. The maximum atomic E-state index is 12.1. The van der Waals surface area contributed by atoms with Crippen molar-refractivity contribution in [1.29, 1.82) is 0 Å². The van der Waals surface area contributed by atoms with Gasteiger partial charge in [0, 0.05) is 10.6 Å². The van der Waals surface area contributed by atoms with Gasteiger partial charge in [0.1, 0.15) is 18.1 Å². The molecule has 1 N–H and O–H groups in total. The van der Waals surface area contributed by atoms with Crippen LogP contribution in [0, 0.1) is 13.8 Å². The number of rotatable bonds is 6. The van der Waals surface area contributed by atoms with Gasteiger partial charge in [-0.1, -0.05) is 31.2 Å². The third kappa shape index (κ3) is 4.35. The molecule has 25 heavy (non-hydrogen) atoms. The summed E-state index contributed by atoms with van der Waals surface area (Å²) in [5, 5.41) is 9.83. The molecule has 0 aliphatic rings. The van der Waals surface area contributed by atoms with Crippen molar-refractivity contribution in [3.8, 4) is 16.9 Å². The van der Waals surface area contributed by atoms with Crippen LogP contribution in [0.15, 0.2) is 47.6 Å². The molecule has 134 valence electrons. The molecule has 6 heteroatoms. The van der Waals surface area contributed by atoms with E-state index in [1.807, 2.05) is 19.9 Å².